The molecule has 33 heavy (non-hydrogen) atoms. The quantitative estimate of drug-likeness (QED) is 0.206. The Kier molecular flexibility index (Phi) is 8.11. The minimum Gasteiger partial charge on any atom is -0.488 e. The standard InChI is InChI=1S/C26H21ClINO3S/c27-21-11-5-4-10-20(21)17-32-23-13-12-19(15-22(23)28)16-24-25(30)29(26(31)33-24)14-6-9-18-7-2-1-3-8-18/h1-5,7-8,10-13,15-16H,6,9,14,17H2/b24-16+. The number of benzene rings is 3. The van der Waals surface area contributed by atoms with Crippen LogP contribution in [0.1, 0.15) is 23.1 Å². The number of aryl methyl sites for hydroxylation is 1. The molecule has 3 aromatic carbocycles. The highest BCUT2D eigenvalue weighted by Gasteiger charge is 2.34. The second-order valence-electron chi connectivity index (χ2n) is 7.49. The number of thioether (sulfide) groups is 1. The monoisotopic (exact) mass is 589 g/mol. The van der Waals surface area contributed by atoms with Crippen LogP contribution in [-0.4, -0.2) is 22.6 Å². The number of halogens is 2. The number of ether oxygens (including phenoxy) is 1. The van der Waals surface area contributed by atoms with Gasteiger partial charge in [-0.25, -0.2) is 0 Å². The van der Waals surface area contributed by atoms with Crippen LogP contribution in [0, 0.1) is 3.57 Å². The molecule has 0 N–H and O–H groups in total. The van der Waals surface area contributed by atoms with Crippen molar-refractivity contribution in [2.45, 2.75) is 19.4 Å². The van der Waals surface area contributed by atoms with Crippen LogP contribution in [0.2, 0.25) is 5.02 Å². The third-order valence-electron chi connectivity index (χ3n) is 5.16. The van der Waals surface area contributed by atoms with Crippen LogP contribution >= 0.6 is 46.0 Å². The van der Waals surface area contributed by atoms with Gasteiger partial charge in [-0.3, -0.25) is 14.5 Å². The number of imide groups is 1. The number of amides is 2. The Morgan fingerprint density at radius 1 is 1.00 bits per heavy atom. The molecule has 168 valence electrons. The molecule has 3 aromatic rings. The van der Waals surface area contributed by atoms with E-state index in [-0.39, 0.29) is 11.1 Å². The van der Waals surface area contributed by atoms with Crippen LogP contribution in [0.25, 0.3) is 6.08 Å². The fourth-order valence-electron chi connectivity index (χ4n) is 3.43. The van der Waals surface area contributed by atoms with Crippen molar-refractivity contribution in [1.82, 2.24) is 4.90 Å². The lowest BCUT2D eigenvalue weighted by Crippen LogP contribution is -2.29. The van der Waals surface area contributed by atoms with E-state index < -0.39 is 0 Å². The summed E-state index contributed by atoms with van der Waals surface area (Å²) in [6, 6.07) is 23.3. The molecule has 0 bridgehead atoms. The maximum atomic E-state index is 12.8. The fourth-order valence-corrected chi connectivity index (χ4v) is 5.18. The number of nitrogens with zero attached hydrogens (tertiary/aromatic N) is 1. The van der Waals surface area contributed by atoms with Gasteiger partial charge in [-0.2, -0.15) is 0 Å². The second kappa shape index (κ2) is 11.2. The molecular formula is C26H21ClINO3S. The van der Waals surface area contributed by atoms with E-state index in [9.17, 15) is 9.59 Å². The predicted molar refractivity (Wildman–Crippen MR) is 142 cm³/mol. The van der Waals surface area contributed by atoms with E-state index in [1.165, 1.54) is 10.5 Å². The van der Waals surface area contributed by atoms with Crippen molar-refractivity contribution in [1.29, 1.82) is 0 Å². The predicted octanol–water partition coefficient (Wildman–Crippen LogP) is 7.19. The highest BCUT2D eigenvalue weighted by Crippen LogP contribution is 2.33. The van der Waals surface area contributed by atoms with E-state index in [0.717, 1.165) is 45.1 Å². The molecule has 0 aliphatic carbocycles. The molecule has 1 heterocycles. The molecule has 1 aliphatic rings. The molecule has 0 radical (unpaired) electrons. The minimum atomic E-state index is -0.230. The summed E-state index contributed by atoms with van der Waals surface area (Å²) in [7, 11) is 0. The molecule has 0 saturated carbocycles. The molecule has 4 rings (SSSR count). The summed E-state index contributed by atoms with van der Waals surface area (Å²) in [6.07, 6.45) is 3.34. The van der Waals surface area contributed by atoms with Crippen LogP contribution < -0.4 is 4.74 Å². The molecule has 1 aliphatic heterocycles. The maximum Gasteiger partial charge on any atom is 0.293 e. The first kappa shape index (κ1) is 23.9. The zero-order chi connectivity index (χ0) is 23.2. The largest absolute Gasteiger partial charge is 0.488 e. The van der Waals surface area contributed by atoms with Gasteiger partial charge in [-0.1, -0.05) is 66.2 Å². The summed E-state index contributed by atoms with van der Waals surface area (Å²) < 4.78 is 6.83. The second-order valence-corrected chi connectivity index (χ2v) is 10.1. The zero-order valence-electron chi connectivity index (χ0n) is 17.7. The van der Waals surface area contributed by atoms with Crippen molar-refractivity contribution in [3.05, 3.63) is 103 Å². The average molecular weight is 590 g/mol. The summed E-state index contributed by atoms with van der Waals surface area (Å²) in [5, 5.41) is 0.456. The highest BCUT2D eigenvalue weighted by atomic mass is 127. The number of hydrogen-bond donors (Lipinski definition) is 0. The van der Waals surface area contributed by atoms with Crippen LogP contribution in [0.3, 0.4) is 0 Å². The van der Waals surface area contributed by atoms with Crippen molar-refractivity contribution in [3.63, 3.8) is 0 Å². The van der Waals surface area contributed by atoms with Crippen LogP contribution in [0.4, 0.5) is 4.79 Å². The first-order valence-corrected chi connectivity index (χ1v) is 12.7. The van der Waals surface area contributed by atoms with Gasteiger partial charge in [0.15, 0.2) is 0 Å². The molecule has 0 spiro atoms. The first-order chi connectivity index (χ1) is 16.0. The van der Waals surface area contributed by atoms with Gasteiger partial charge in [-0.05, 0) is 82.6 Å². The average Bonchev–Trinajstić information content (AvgIpc) is 3.07. The summed E-state index contributed by atoms with van der Waals surface area (Å²) >= 11 is 9.39. The normalized spacial score (nSPS) is 14.8. The fraction of sp³-hybridized carbons (Fsp3) is 0.154. The van der Waals surface area contributed by atoms with Gasteiger partial charge < -0.3 is 4.74 Å². The van der Waals surface area contributed by atoms with Gasteiger partial charge in [0.05, 0.1) is 8.48 Å². The molecule has 4 nitrogen and oxygen atoms in total. The van der Waals surface area contributed by atoms with E-state index in [1.54, 1.807) is 6.08 Å². The van der Waals surface area contributed by atoms with Gasteiger partial charge in [0.25, 0.3) is 11.1 Å². The van der Waals surface area contributed by atoms with E-state index in [0.29, 0.717) is 23.1 Å². The van der Waals surface area contributed by atoms with Crippen LogP contribution in [0.15, 0.2) is 77.7 Å². The Labute approximate surface area is 216 Å². The molecule has 0 aromatic heterocycles. The van der Waals surface area contributed by atoms with Gasteiger partial charge >= 0.3 is 0 Å². The van der Waals surface area contributed by atoms with Gasteiger partial charge in [-0.15, -0.1) is 0 Å². The Balaban J connectivity index is 1.37. The first-order valence-electron chi connectivity index (χ1n) is 10.5. The lowest BCUT2D eigenvalue weighted by atomic mass is 10.1. The van der Waals surface area contributed by atoms with Gasteiger partial charge in [0.2, 0.25) is 0 Å². The molecule has 1 saturated heterocycles. The smallest absolute Gasteiger partial charge is 0.293 e. The van der Waals surface area contributed by atoms with Crippen molar-refractivity contribution >= 4 is 63.2 Å². The SMILES string of the molecule is O=C1S/C(=C/c2ccc(OCc3ccccc3Cl)c(I)c2)C(=O)N1CCCc1ccccc1. The molecule has 7 heteroatoms. The molecule has 1 fully saturated rings. The minimum absolute atomic E-state index is 0.214. The topological polar surface area (TPSA) is 46.6 Å². The van der Waals surface area contributed by atoms with Crippen molar-refractivity contribution in [2.75, 3.05) is 6.54 Å². The summed E-state index contributed by atoms with van der Waals surface area (Å²) in [5.74, 6) is 0.508. The molecule has 0 atom stereocenters. The lowest BCUT2D eigenvalue weighted by molar-refractivity contribution is -0.122. The molecular weight excluding hydrogens is 569 g/mol. The third kappa shape index (κ3) is 6.19. The number of rotatable bonds is 8. The van der Waals surface area contributed by atoms with Crippen LogP contribution in [-0.2, 0) is 17.8 Å². The Bertz CT molecular complexity index is 1200. The third-order valence-corrected chi connectivity index (χ3v) is 7.28. The summed E-state index contributed by atoms with van der Waals surface area (Å²) in [4.78, 5) is 27.0. The van der Waals surface area contributed by atoms with Gasteiger partial charge in [0, 0.05) is 17.1 Å². The Morgan fingerprint density at radius 3 is 2.52 bits per heavy atom. The van der Waals surface area contributed by atoms with E-state index in [1.807, 2.05) is 60.7 Å². The molecule has 2 amide bonds. The Hall–Kier alpha value is -2.29. The molecule has 0 unspecified atom stereocenters. The van der Waals surface area contributed by atoms with Crippen molar-refractivity contribution in [3.8, 4) is 5.75 Å². The summed E-state index contributed by atoms with van der Waals surface area (Å²) in [5.41, 5.74) is 2.96. The van der Waals surface area contributed by atoms with Crippen LogP contribution in [0.5, 0.6) is 5.75 Å². The van der Waals surface area contributed by atoms with Crippen molar-refractivity contribution < 1.29 is 14.3 Å². The van der Waals surface area contributed by atoms with E-state index in [2.05, 4.69) is 34.7 Å². The van der Waals surface area contributed by atoms with E-state index in [4.69, 9.17) is 16.3 Å². The van der Waals surface area contributed by atoms with Gasteiger partial charge in [0.1, 0.15) is 12.4 Å². The number of carbonyl (C=O) groups is 2. The Morgan fingerprint density at radius 2 is 1.76 bits per heavy atom. The number of hydrogen-bond acceptors (Lipinski definition) is 4. The van der Waals surface area contributed by atoms with Crippen molar-refractivity contribution in [2.24, 2.45) is 0 Å². The zero-order valence-corrected chi connectivity index (χ0v) is 21.4. The highest BCUT2D eigenvalue weighted by molar-refractivity contribution is 14.1. The van der Waals surface area contributed by atoms with E-state index >= 15 is 0 Å². The maximum absolute atomic E-state index is 12.8. The summed E-state index contributed by atoms with van der Waals surface area (Å²) in [6.45, 7) is 0.792. The number of carbonyl (C=O) groups excluding carboxylic acids is 2. The lowest BCUT2D eigenvalue weighted by Gasteiger charge is -2.12.